The zero-order chi connectivity index (χ0) is 19.9. The molecule has 6 heteroatoms. The predicted octanol–water partition coefficient (Wildman–Crippen LogP) is 4.71. The first-order valence-electron chi connectivity index (χ1n) is 9.67. The van der Waals surface area contributed by atoms with E-state index in [1.54, 1.807) is 12.1 Å². The highest BCUT2D eigenvalue weighted by molar-refractivity contribution is 6.30. The number of aryl methyl sites for hydroxylation is 1. The average Bonchev–Trinajstić information content (AvgIpc) is 2.68. The van der Waals surface area contributed by atoms with Crippen LogP contribution in [-0.2, 0) is 0 Å². The molecule has 2 N–H and O–H groups in total. The first kappa shape index (κ1) is 20.2. The minimum Gasteiger partial charge on any atom is -0.352 e. The molecule has 148 valence electrons. The molecule has 1 heterocycles. The van der Waals surface area contributed by atoms with Crippen molar-refractivity contribution in [2.24, 2.45) is 5.92 Å². The van der Waals surface area contributed by atoms with Gasteiger partial charge in [-0.3, -0.25) is 4.79 Å². The van der Waals surface area contributed by atoms with E-state index < -0.39 is 0 Å². The van der Waals surface area contributed by atoms with E-state index in [2.05, 4.69) is 10.6 Å². The van der Waals surface area contributed by atoms with Gasteiger partial charge < -0.3 is 15.5 Å². The van der Waals surface area contributed by atoms with Gasteiger partial charge in [0, 0.05) is 35.9 Å². The Morgan fingerprint density at radius 2 is 1.86 bits per heavy atom. The number of nitrogens with zero attached hydrogens (tertiary/aromatic N) is 1. The second kappa shape index (κ2) is 9.60. The van der Waals surface area contributed by atoms with E-state index in [9.17, 15) is 9.59 Å². The number of carbonyl (C=O) groups excluding carboxylic acids is 2. The van der Waals surface area contributed by atoms with Crippen molar-refractivity contribution in [1.29, 1.82) is 0 Å². The van der Waals surface area contributed by atoms with Crippen molar-refractivity contribution in [2.75, 3.05) is 25.0 Å². The summed E-state index contributed by atoms with van der Waals surface area (Å²) in [4.78, 5) is 26.4. The van der Waals surface area contributed by atoms with Crippen molar-refractivity contribution in [3.63, 3.8) is 0 Å². The van der Waals surface area contributed by atoms with Gasteiger partial charge in [0.05, 0.1) is 0 Å². The van der Waals surface area contributed by atoms with Crippen molar-refractivity contribution < 1.29 is 9.59 Å². The topological polar surface area (TPSA) is 61.4 Å². The van der Waals surface area contributed by atoms with Crippen molar-refractivity contribution >= 4 is 29.2 Å². The summed E-state index contributed by atoms with van der Waals surface area (Å²) in [7, 11) is 0. The molecule has 1 aliphatic rings. The van der Waals surface area contributed by atoms with Crippen LogP contribution in [0.5, 0.6) is 0 Å². The van der Waals surface area contributed by atoms with Crippen molar-refractivity contribution in [2.45, 2.75) is 26.2 Å². The molecule has 0 aliphatic carbocycles. The fourth-order valence-electron chi connectivity index (χ4n) is 3.47. The number of urea groups is 1. The van der Waals surface area contributed by atoms with Crippen LogP contribution in [0.1, 0.15) is 35.2 Å². The second-order valence-electron chi connectivity index (χ2n) is 7.28. The molecular formula is C22H26ClN3O2. The van der Waals surface area contributed by atoms with Crippen LogP contribution < -0.4 is 10.6 Å². The molecule has 0 aromatic heterocycles. The Labute approximate surface area is 171 Å². The quantitative estimate of drug-likeness (QED) is 0.764. The summed E-state index contributed by atoms with van der Waals surface area (Å²) in [5, 5.41) is 6.50. The number of hydrogen-bond donors (Lipinski definition) is 2. The van der Waals surface area contributed by atoms with Gasteiger partial charge in [0.25, 0.3) is 5.91 Å². The third-order valence-electron chi connectivity index (χ3n) is 5.10. The molecule has 1 fully saturated rings. The van der Waals surface area contributed by atoms with Gasteiger partial charge in [-0.05, 0) is 62.4 Å². The average molecular weight is 400 g/mol. The van der Waals surface area contributed by atoms with Crippen LogP contribution in [0.2, 0.25) is 5.02 Å². The van der Waals surface area contributed by atoms with Crippen LogP contribution in [0.15, 0.2) is 48.5 Å². The predicted molar refractivity (Wildman–Crippen MR) is 113 cm³/mol. The zero-order valence-corrected chi connectivity index (χ0v) is 16.8. The number of likely N-dealkylation sites (tertiary alicyclic amines) is 1. The maximum atomic E-state index is 12.4. The standard InChI is InChI=1S/C22H26ClN3O2/c1-16-4-2-5-18(14-16)21(27)24-11-8-17-9-12-26(13-10-17)22(28)25-20-7-3-6-19(23)15-20/h2-7,14-15,17H,8-13H2,1H3,(H,24,27)(H,25,28). The lowest BCUT2D eigenvalue weighted by Crippen LogP contribution is -2.41. The molecule has 2 aromatic carbocycles. The minimum absolute atomic E-state index is 0.0259. The van der Waals surface area contributed by atoms with E-state index in [4.69, 9.17) is 11.6 Å². The third kappa shape index (κ3) is 5.73. The lowest BCUT2D eigenvalue weighted by Gasteiger charge is -2.32. The van der Waals surface area contributed by atoms with Gasteiger partial charge in [0.2, 0.25) is 0 Å². The molecule has 1 saturated heterocycles. The van der Waals surface area contributed by atoms with Crippen LogP contribution in [0, 0.1) is 12.8 Å². The van der Waals surface area contributed by atoms with Gasteiger partial charge in [-0.25, -0.2) is 4.79 Å². The highest BCUT2D eigenvalue weighted by Gasteiger charge is 2.22. The maximum Gasteiger partial charge on any atom is 0.321 e. The first-order chi connectivity index (χ1) is 13.5. The molecule has 5 nitrogen and oxygen atoms in total. The molecule has 1 aliphatic heterocycles. The van der Waals surface area contributed by atoms with Crippen LogP contribution in [0.25, 0.3) is 0 Å². The molecule has 28 heavy (non-hydrogen) atoms. The van der Waals surface area contributed by atoms with Crippen LogP contribution >= 0.6 is 11.6 Å². The number of hydrogen-bond acceptors (Lipinski definition) is 2. The number of piperidine rings is 1. The molecule has 0 spiro atoms. The molecule has 0 radical (unpaired) electrons. The van der Waals surface area contributed by atoms with Gasteiger partial charge in [-0.2, -0.15) is 0 Å². The Hall–Kier alpha value is -2.53. The normalized spacial score (nSPS) is 14.6. The first-order valence-corrected chi connectivity index (χ1v) is 10.1. The number of carbonyl (C=O) groups is 2. The minimum atomic E-state index is -0.0894. The second-order valence-corrected chi connectivity index (χ2v) is 7.72. The molecule has 3 rings (SSSR count). The van der Waals surface area contributed by atoms with Crippen molar-refractivity contribution in [3.8, 4) is 0 Å². The van der Waals surface area contributed by atoms with Gasteiger partial charge in [-0.1, -0.05) is 35.4 Å². The zero-order valence-electron chi connectivity index (χ0n) is 16.1. The highest BCUT2D eigenvalue weighted by atomic mass is 35.5. The molecule has 0 atom stereocenters. The number of benzene rings is 2. The summed E-state index contributed by atoms with van der Waals surface area (Å²) in [6.45, 7) is 4.09. The lowest BCUT2D eigenvalue weighted by atomic mass is 9.93. The summed E-state index contributed by atoms with van der Waals surface area (Å²) in [6.07, 6.45) is 2.83. The molecule has 0 saturated carbocycles. The van der Waals surface area contributed by atoms with Gasteiger partial charge in [-0.15, -0.1) is 0 Å². The van der Waals surface area contributed by atoms with E-state index in [-0.39, 0.29) is 11.9 Å². The van der Waals surface area contributed by atoms with E-state index in [1.165, 1.54) is 0 Å². The summed E-state index contributed by atoms with van der Waals surface area (Å²) in [6, 6.07) is 14.7. The summed E-state index contributed by atoms with van der Waals surface area (Å²) in [5.41, 5.74) is 2.49. The Kier molecular flexibility index (Phi) is 6.93. The van der Waals surface area contributed by atoms with Crippen LogP contribution in [0.4, 0.5) is 10.5 Å². The van der Waals surface area contributed by atoms with Crippen LogP contribution in [-0.4, -0.2) is 36.5 Å². The summed E-state index contributed by atoms with van der Waals surface area (Å²) < 4.78 is 0. The SMILES string of the molecule is Cc1cccc(C(=O)NCCC2CCN(C(=O)Nc3cccc(Cl)c3)CC2)c1. The van der Waals surface area contributed by atoms with Gasteiger partial charge in [0.1, 0.15) is 0 Å². The van der Waals surface area contributed by atoms with Crippen molar-refractivity contribution in [3.05, 3.63) is 64.7 Å². The van der Waals surface area contributed by atoms with Gasteiger partial charge in [0.15, 0.2) is 0 Å². The van der Waals surface area contributed by atoms with Crippen LogP contribution in [0.3, 0.4) is 0 Å². The fraction of sp³-hybridized carbons (Fsp3) is 0.364. The van der Waals surface area contributed by atoms with E-state index in [1.807, 2.05) is 48.2 Å². The number of halogens is 1. The van der Waals surface area contributed by atoms with Crippen molar-refractivity contribution in [1.82, 2.24) is 10.2 Å². The monoisotopic (exact) mass is 399 g/mol. The molecule has 3 amide bonds. The van der Waals surface area contributed by atoms with E-state index in [0.717, 1.165) is 37.9 Å². The lowest BCUT2D eigenvalue weighted by molar-refractivity contribution is 0.0949. The van der Waals surface area contributed by atoms with E-state index >= 15 is 0 Å². The number of anilines is 1. The largest absolute Gasteiger partial charge is 0.352 e. The number of amides is 3. The Balaban J connectivity index is 1.38. The smallest absolute Gasteiger partial charge is 0.321 e. The summed E-state index contributed by atoms with van der Waals surface area (Å²) in [5.74, 6) is 0.495. The maximum absolute atomic E-state index is 12.4. The third-order valence-corrected chi connectivity index (χ3v) is 5.33. The summed E-state index contributed by atoms with van der Waals surface area (Å²) >= 11 is 5.96. The number of rotatable bonds is 5. The molecule has 2 aromatic rings. The Morgan fingerprint density at radius 3 is 2.57 bits per heavy atom. The van der Waals surface area contributed by atoms with Gasteiger partial charge >= 0.3 is 6.03 Å². The van der Waals surface area contributed by atoms with E-state index in [0.29, 0.717) is 28.7 Å². The Bertz CT molecular complexity index is 832. The fourth-order valence-corrected chi connectivity index (χ4v) is 3.66. The molecular weight excluding hydrogens is 374 g/mol. The Morgan fingerprint density at radius 1 is 1.11 bits per heavy atom. The molecule has 0 bridgehead atoms. The highest BCUT2D eigenvalue weighted by Crippen LogP contribution is 2.21. The number of nitrogens with one attached hydrogen (secondary N) is 2. The molecule has 0 unspecified atom stereocenters.